The minimum atomic E-state index is 0.565. The van der Waals surface area contributed by atoms with Gasteiger partial charge in [-0.3, -0.25) is 0 Å². The van der Waals surface area contributed by atoms with Crippen LogP contribution in [0.15, 0.2) is 24.5 Å². The average molecular weight is 267 g/mol. The molecule has 0 aromatic carbocycles. The fourth-order valence-corrected chi connectivity index (χ4v) is 2.50. The standard InChI is InChI=1S/C17H33NO/c1-4-7-9-11-13-17(14-12-10-8-5-2)16(6-3)15-19-18/h6,15,17H,3-5,7-14,18H2,1-2H3/b16-15+. The number of hydrogen-bond acceptors (Lipinski definition) is 2. The van der Waals surface area contributed by atoms with Gasteiger partial charge in [0, 0.05) is 0 Å². The molecule has 0 heterocycles. The van der Waals surface area contributed by atoms with Crippen LogP contribution in [-0.2, 0) is 4.84 Å². The third-order valence-electron chi connectivity index (χ3n) is 3.72. The van der Waals surface area contributed by atoms with E-state index in [2.05, 4.69) is 20.4 Å². The molecule has 2 nitrogen and oxygen atoms in total. The van der Waals surface area contributed by atoms with Gasteiger partial charge in [-0.05, 0) is 24.3 Å². The summed E-state index contributed by atoms with van der Waals surface area (Å²) in [6.45, 7) is 8.38. The van der Waals surface area contributed by atoms with Crippen LogP contribution in [0.5, 0.6) is 0 Å². The van der Waals surface area contributed by atoms with Crippen LogP contribution in [0.25, 0.3) is 0 Å². The van der Waals surface area contributed by atoms with Crippen molar-refractivity contribution in [1.29, 1.82) is 0 Å². The number of allylic oxidation sites excluding steroid dienone is 2. The molecule has 0 amide bonds. The smallest absolute Gasteiger partial charge is 0.114 e. The molecule has 0 saturated carbocycles. The zero-order chi connectivity index (χ0) is 14.3. The number of unbranched alkanes of at least 4 members (excludes halogenated alkanes) is 6. The number of rotatable bonds is 13. The van der Waals surface area contributed by atoms with E-state index in [1.807, 2.05) is 6.08 Å². The lowest BCUT2D eigenvalue weighted by Gasteiger charge is -2.17. The second kappa shape index (κ2) is 13.7. The molecular weight excluding hydrogens is 234 g/mol. The molecular formula is C17H33NO. The quantitative estimate of drug-likeness (QED) is 0.207. The molecule has 0 aliphatic heterocycles. The predicted molar refractivity (Wildman–Crippen MR) is 84.6 cm³/mol. The maximum Gasteiger partial charge on any atom is 0.114 e. The van der Waals surface area contributed by atoms with E-state index in [1.54, 1.807) is 6.26 Å². The van der Waals surface area contributed by atoms with Gasteiger partial charge in [0.05, 0.1) is 0 Å². The van der Waals surface area contributed by atoms with Crippen molar-refractivity contribution in [2.75, 3.05) is 0 Å². The molecule has 0 radical (unpaired) electrons. The van der Waals surface area contributed by atoms with Crippen LogP contribution in [-0.4, -0.2) is 0 Å². The summed E-state index contributed by atoms with van der Waals surface area (Å²) in [6, 6.07) is 0. The SMILES string of the molecule is C=C/C(=C\ON)C(CCCCCC)CCCCCC. The lowest BCUT2D eigenvalue weighted by molar-refractivity contribution is 0.254. The Morgan fingerprint density at radius 1 is 1.00 bits per heavy atom. The van der Waals surface area contributed by atoms with Gasteiger partial charge in [0.2, 0.25) is 0 Å². The van der Waals surface area contributed by atoms with Gasteiger partial charge in [-0.15, -0.1) is 0 Å². The first-order valence-electron chi connectivity index (χ1n) is 7.98. The van der Waals surface area contributed by atoms with E-state index in [0.29, 0.717) is 5.92 Å². The molecule has 0 unspecified atom stereocenters. The van der Waals surface area contributed by atoms with Gasteiger partial charge < -0.3 is 4.84 Å². The first-order valence-corrected chi connectivity index (χ1v) is 7.98. The first kappa shape index (κ1) is 18.2. The van der Waals surface area contributed by atoms with Crippen molar-refractivity contribution < 1.29 is 4.84 Å². The molecule has 0 fully saturated rings. The summed E-state index contributed by atoms with van der Waals surface area (Å²) in [5, 5.41) is 0. The van der Waals surface area contributed by atoms with E-state index in [4.69, 9.17) is 10.7 Å². The van der Waals surface area contributed by atoms with Crippen LogP contribution < -0.4 is 5.90 Å². The molecule has 2 N–H and O–H groups in total. The summed E-state index contributed by atoms with van der Waals surface area (Å²) in [7, 11) is 0. The van der Waals surface area contributed by atoms with E-state index in [-0.39, 0.29) is 0 Å². The summed E-state index contributed by atoms with van der Waals surface area (Å²) >= 11 is 0. The number of hydrogen-bond donors (Lipinski definition) is 1. The normalized spacial score (nSPS) is 11.9. The summed E-state index contributed by atoms with van der Waals surface area (Å²) in [5.74, 6) is 5.74. The van der Waals surface area contributed by atoms with Crippen LogP contribution in [0.3, 0.4) is 0 Å². The van der Waals surface area contributed by atoms with Crippen LogP contribution >= 0.6 is 0 Å². The van der Waals surface area contributed by atoms with Crippen LogP contribution in [0.2, 0.25) is 0 Å². The zero-order valence-electron chi connectivity index (χ0n) is 13.0. The molecule has 0 aliphatic carbocycles. The Kier molecular flexibility index (Phi) is 13.1. The topological polar surface area (TPSA) is 35.2 Å². The van der Waals surface area contributed by atoms with Gasteiger partial charge >= 0.3 is 0 Å². The summed E-state index contributed by atoms with van der Waals surface area (Å²) < 4.78 is 0. The molecule has 0 aliphatic rings. The van der Waals surface area contributed by atoms with Crippen molar-refractivity contribution in [2.24, 2.45) is 11.8 Å². The maximum atomic E-state index is 5.17. The highest BCUT2D eigenvalue weighted by molar-refractivity contribution is 5.17. The van der Waals surface area contributed by atoms with E-state index in [0.717, 1.165) is 5.57 Å². The van der Waals surface area contributed by atoms with E-state index in [9.17, 15) is 0 Å². The van der Waals surface area contributed by atoms with Crippen molar-refractivity contribution in [1.82, 2.24) is 0 Å². The zero-order valence-corrected chi connectivity index (χ0v) is 13.0. The number of nitrogens with two attached hydrogens (primary N) is 1. The van der Waals surface area contributed by atoms with Crippen molar-refractivity contribution >= 4 is 0 Å². The highest BCUT2D eigenvalue weighted by Gasteiger charge is 2.12. The maximum absolute atomic E-state index is 5.17. The molecule has 0 saturated heterocycles. The first-order chi connectivity index (χ1) is 9.29. The summed E-state index contributed by atoms with van der Waals surface area (Å²) in [5.41, 5.74) is 1.16. The minimum Gasteiger partial charge on any atom is -0.419 e. The Hall–Kier alpha value is -0.760. The fourth-order valence-electron chi connectivity index (χ4n) is 2.50. The summed E-state index contributed by atoms with van der Waals surface area (Å²) in [6.07, 6.45) is 16.5. The monoisotopic (exact) mass is 267 g/mol. The fraction of sp³-hybridized carbons (Fsp3) is 0.765. The lowest BCUT2D eigenvalue weighted by Crippen LogP contribution is -2.05. The molecule has 112 valence electrons. The third kappa shape index (κ3) is 9.77. The van der Waals surface area contributed by atoms with E-state index in [1.165, 1.54) is 64.2 Å². The van der Waals surface area contributed by atoms with Gasteiger partial charge in [-0.1, -0.05) is 77.9 Å². The lowest BCUT2D eigenvalue weighted by atomic mass is 9.88. The van der Waals surface area contributed by atoms with Crippen molar-refractivity contribution in [3.8, 4) is 0 Å². The summed E-state index contributed by atoms with van der Waals surface area (Å²) in [4.78, 5) is 4.70. The Bertz CT molecular complexity index is 223. The Morgan fingerprint density at radius 3 is 1.89 bits per heavy atom. The van der Waals surface area contributed by atoms with Gasteiger partial charge in [0.25, 0.3) is 0 Å². The molecule has 0 rings (SSSR count). The Morgan fingerprint density at radius 2 is 1.53 bits per heavy atom. The third-order valence-corrected chi connectivity index (χ3v) is 3.72. The van der Waals surface area contributed by atoms with Crippen molar-refractivity contribution in [3.63, 3.8) is 0 Å². The van der Waals surface area contributed by atoms with Crippen LogP contribution in [0.4, 0.5) is 0 Å². The van der Waals surface area contributed by atoms with Crippen LogP contribution in [0.1, 0.15) is 78.1 Å². The highest BCUT2D eigenvalue weighted by Crippen LogP contribution is 2.26. The van der Waals surface area contributed by atoms with Crippen molar-refractivity contribution in [3.05, 3.63) is 24.5 Å². The Labute approximate surface area is 120 Å². The predicted octanol–water partition coefficient (Wildman–Crippen LogP) is 5.50. The molecule has 0 aromatic heterocycles. The van der Waals surface area contributed by atoms with Gasteiger partial charge in [-0.25, -0.2) is 0 Å². The largest absolute Gasteiger partial charge is 0.419 e. The second-order valence-corrected chi connectivity index (χ2v) is 5.35. The van der Waals surface area contributed by atoms with Crippen LogP contribution in [0, 0.1) is 5.92 Å². The van der Waals surface area contributed by atoms with Gasteiger partial charge in [0.15, 0.2) is 0 Å². The minimum absolute atomic E-state index is 0.565. The van der Waals surface area contributed by atoms with E-state index >= 15 is 0 Å². The van der Waals surface area contributed by atoms with Gasteiger partial charge in [-0.2, -0.15) is 5.90 Å². The van der Waals surface area contributed by atoms with E-state index < -0.39 is 0 Å². The molecule has 0 atom stereocenters. The molecule has 0 aromatic rings. The second-order valence-electron chi connectivity index (χ2n) is 5.35. The van der Waals surface area contributed by atoms with Gasteiger partial charge in [0.1, 0.15) is 6.26 Å². The highest BCUT2D eigenvalue weighted by atomic mass is 16.6. The molecule has 19 heavy (non-hydrogen) atoms. The molecule has 0 spiro atoms. The van der Waals surface area contributed by atoms with Crippen molar-refractivity contribution in [2.45, 2.75) is 78.1 Å². The average Bonchev–Trinajstić information content (AvgIpc) is 2.43. The Balaban J connectivity index is 4.20. The molecule has 2 heteroatoms. The molecule has 0 bridgehead atoms.